The van der Waals surface area contributed by atoms with Gasteiger partial charge in [0.2, 0.25) is 5.88 Å². The van der Waals surface area contributed by atoms with Crippen molar-refractivity contribution >= 4 is 5.78 Å². The van der Waals surface area contributed by atoms with Crippen molar-refractivity contribution in [2.75, 3.05) is 7.11 Å². The van der Waals surface area contributed by atoms with Gasteiger partial charge in [0.25, 0.3) is 0 Å². The zero-order valence-corrected chi connectivity index (χ0v) is 8.06. The van der Waals surface area contributed by atoms with Gasteiger partial charge in [-0.05, 0) is 12.8 Å². The molecule has 1 aliphatic carbocycles. The van der Waals surface area contributed by atoms with Crippen molar-refractivity contribution in [2.24, 2.45) is 0 Å². The lowest BCUT2D eigenvalue weighted by Gasteiger charge is -2.09. The Balaban J connectivity index is 2.35. The van der Waals surface area contributed by atoms with Gasteiger partial charge in [-0.15, -0.1) is 0 Å². The molecule has 1 unspecified atom stereocenters. The first-order chi connectivity index (χ1) is 6.83. The topological polar surface area (TPSA) is 52.1 Å². The number of Topliss-reactive ketones (excluding diaryl/α,β-unsaturated/α-hetero) is 1. The molecular formula is C10H12N2O2. The largest absolute Gasteiger partial charge is 0.480 e. The molecule has 74 valence electrons. The maximum absolute atomic E-state index is 11.5. The molecule has 0 radical (unpaired) electrons. The molecule has 1 saturated carbocycles. The number of nitrogens with zero attached hydrogens (tertiary/aromatic N) is 2. The van der Waals surface area contributed by atoms with E-state index in [1.807, 2.05) is 0 Å². The van der Waals surface area contributed by atoms with Crippen LogP contribution in [0.4, 0.5) is 0 Å². The van der Waals surface area contributed by atoms with Crippen LogP contribution in [0, 0.1) is 0 Å². The second-order valence-electron chi connectivity index (χ2n) is 3.36. The molecule has 1 aromatic heterocycles. The Morgan fingerprint density at radius 2 is 2.21 bits per heavy atom. The minimum absolute atomic E-state index is 0.0985. The van der Waals surface area contributed by atoms with Gasteiger partial charge < -0.3 is 4.74 Å². The number of carbonyl (C=O) groups excluding carboxylic acids is 1. The molecule has 4 heteroatoms. The number of hydrogen-bond donors (Lipinski definition) is 0. The van der Waals surface area contributed by atoms with E-state index in [0.717, 1.165) is 12.8 Å². The van der Waals surface area contributed by atoms with E-state index < -0.39 is 0 Å². The third kappa shape index (κ3) is 1.47. The first kappa shape index (κ1) is 9.12. The Morgan fingerprint density at radius 1 is 1.43 bits per heavy atom. The van der Waals surface area contributed by atoms with Crippen LogP contribution in [0.3, 0.4) is 0 Å². The number of aromatic nitrogens is 2. The lowest BCUT2D eigenvalue weighted by molar-refractivity contribution is -0.118. The zero-order valence-electron chi connectivity index (χ0n) is 8.06. The fourth-order valence-electron chi connectivity index (χ4n) is 1.84. The molecular weight excluding hydrogens is 180 g/mol. The van der Waals surface area contributed by atoms with Gasteiger partial charge >= 0.3 is 0 Å². The second kappa shape index (κ2) is 3.74. The van der Waals surface area contributed by atoms with Crippen molar-refractivity contribution in [1.82, 2.24) is 9.97 Å². The van der Waals surface area contributed by atoms with Crippen LogP contribution < -0.4 is 4.74 Å². The molecule has 0 aromatic carbocycles. The molecule has 14 heavy (non-hydrogen) atoms. The van der Waals surface area contributed by atoms with E-state index in [1.165, 1.54) is 0 Å². The van der Waals surface area contributed by atoms with Crippen LogP contribution in [0.2, 0.25) is 0 Å². The predicted molar refractivity (Wildman–Crippen MR) is 50.2 cm³/mol. The quantitative estimate of drug-likeness (QED) is 0.709. The lowest BCUT2D eigenvalue weighted by atomic mass is 10.0. The highest BCUT2D eigenvalue weighted by Crippen LogP contribution is 2.33. The van der Waals surface area contributed by atoms with E-state index in [4.69, 9.17) is 4.74 Å². The highest BCUT2D eigenvalue weighted by molar-refractivity contribution is 5.87. The van der Waals surface area contributed by atoms with Crippen LogP contribution in [0.15, 0.2) is 12.4 Å². The van der Waals surface area contributed by atoms with Gasteiger partial charge in [0.1, 0.15) is 11.5 Å². The molecule has 0 saturated heterocycles. The first-order valence-electron chi connectivity index (χ1n) is 4.70. The number of ketones is 1. The summed E-state index contributed by atoms with van der Waals surface area (Å²) in [5.41, 5.74) is 0.692. The molecule has 0 bridgehead atoms. The molecule has 1 fully saturated rings. The Bertz CT molecular complexity index is 352. The fourth-order valence-corrected chi connectivity index (χ4v) is 1.84. The summed E-state index contributed by atoms with van der Waals surface area (Å²) in [5.74, 6) is 0.634. The maximum Gasteiger partial charge on any atom is 0.236 e. The second-order valence-corrected chi connectivity index (χ2v) is 3.36. The molecule has 2 rings (SSSR count). The van der Waals surface area contributed by atoms with Gasteiger partial charge in [0.15, 0.2) is 0 Å². The van der Waals surface area contributed by atoms with Gasteiger partial charge in [-0.2, -0.15) is 0 Å². The maximum atomic E-state index is 11.5. The average molecular weight is 192 g/mol. The van der Waals surface area contributed by atoms with E-state index in [1.54, 1.807) is 19.5 Å². The Kier molecular flexibility index (Phi) is 2.43. The standard InChI is InChI=1S/C10H12N2O2/c1-14-10-9(11-5-6-12-10)7-3-2-4-8(7)13/h5-7H,2-4H2,1H3. The summed E-state index contributed by atoms with van der Waals surface area (Å²) in [4.78, 5) is 19.7. The highest BCUT2D eigenvalue weighted by Gasteiger charge is 2.29. The van der Waals surface area contributed by atoms with Crippen molar-refractivity contribution in [3.05, 3.63) is 18.1 Å². The summed E-state index contributed by atoms with van der Waals surface area (Å²) in [6.45, 7) is 0. The van der Waals surface area contributed by atoms with Crippen LogP contribution in [0.5, 0.6) is 5.88 Å². The molecule has 1 heterocycles. The SMILES string of the molecule is COc1nccnc1C1CCCC1=O. The minimum Gasteiger partial charge on any atom is -0.480 e. The summed E-state index contributed by atoms with van der Waals surface area (Å²) >= 11 is 0. The third-order valence-corrected chi connectivity index (χ3v) is 2.52. The van der Waals surface area contributed by atoms with E-state index in [0.29, 0.717) is 18.0 Å². The van der Waals surface area contributed by atoms with Crippen molar-refractivity contribution in [3.63, 3.8) is 0 Å². The molecule has 0 aliphatic heterocycles. The predicted octanol–water partition coefficient (Wildman–Crippen LogP) is 1.32. The molecule has 0 spiro atoms. The number of methoxy groups -OCH3 is 1. The van der Waals surface area contributed by atoms with Gasteiger partial charge in [0, 0.05) is 18.8 Å². The molecule has 0 N–H and O–H groups in total. The van der Waals surface area contributed by atoms with E-state index >= 15 is 0 Å². The highest BCUT2D eigenvalue weighted by atomic mass is 16.5. The Morgan fingerprint density at radius 3 is 2.86 bits per heavy atom. The lowest BCUT2D eigenvalue weighted by Crippen LogP contribution is -2.09. The van der Waals surface area contributed by atoms with Crippen LogP contribution in [-0.2, 0) is 4.79 Å². The van der Waals surface area contributed by atoms with Gasteiger partial charge in [-0.1, -0.05) is 0 Å². The van der Waals surface area contributed by atoms with Crippen molar-refractivity contribution in [1.29, 1.82) is 0 Å². The number of carbonyl (C=O) groups is 1. The van der Waals surface area contributed by atoms with E-state index in [9.17, 15) is 4.79 Å². The number of ether oxygens (including phenoxy) is 1. The van der Waals surface area contributed by atoms with Crippen LogP contribution in [0.1, 0.15) is 30.9 Å². The van der Waals surface area contributed by atoms with Crippen LogP contribution in [-0.4, -0.2) is 22.9 Å². The van der Waals surface area contributed by atoms with Gasteiger partial charge in [-0.3, -0.25) is 9.78 Å². The third-order valence-electron chi connectivity index (χ3n) is 2.52. The minimum atomic E-state index is -0.0985. The summed E-state index contributed by atoms with van der Waals surface area (Å²) in [6.07, 6.45) is 5.65. The van der Waals surface area contributed by atoms with Crippen molar-refractivity contribution in [3.8, 4) is 5.88 Å². The van der Waals surface area contributed by atoms with Crippen molar-refractivity contribution in [2.45, 2.75) is 25.2 Å². The van der Waals surface area contributed by atoms with E-state index in [-0.39, 0.29) is 11.7 Å². The molecule has 1 atom stereocenters. The fraction of sp³-hybridized carbons (Fsp3) is 0.500. The van der Waals surface area contributed by atoms with E-state index in [2.05, 4.69) is 9.97 Å². The average Bonchev–Trinajstić information content (AvgIpc) is 2.64. The van der Waals surface area contributed by atoms with Crippen molar-refractivity contribution < 1.29 is 9.53 Å². The van der Waals surface area contributed by atoms with Gasteiger partial charge in [-0.25, -0.2) is 4.98 Å². The van der Waals surface area contributed by atoms with Gasteiger partial charge in [0.05, 0.1) is 13.0 Å². The zero-order chi connectivity index (χ0) is 9.97. The molecule has 0 amide bonds. The molecule has 1 aromatic rings. The number of rotatable bonds is 2. The monoisotopic (exact) mass is 192 g/mol. The summed E-state index contributed by atoms with van der Waals surface area (Å²) < 4.78 is 5.08. The molecule has 4 nitrogen and oxygen atoms in total. The summed E-state index contributed by atoms with van der Waals surface area (Å²) in [6, 6.07) is 0. The Labute approximate surface area is 82.3 Å². The summed E-state index contributed by atoms with van der Waals surface area (Å²) in [5, 5.41) is 0. The molecule has 1 aliphatic rings. The van der Waals surface area contributed by atoms with Crippen LogP contribution >= 0.6 is 0 Å². The van der Waals surface area contributed by atoms with Crippen LogP contribution in [0.25, 0.3) is 0 Å². The Hall–Kier alpha value is -1.45. The normalized spacial score (nSPS) is 21.2. The first-order valence-corrected chi connectivity index (χ1v) is 4.70. The number of hydrogen-bond acceptors (Lipinski definition) is 4. The summed E-state index contributed by atoms with van der Waals surface area (Å²) in [7, 11) is 1.55. The smallest absolute Gasteiger partial charge is 0.236 e.